The highest BCUT2D eigenvalue weighted by molar-refractivity contribution is 7.89. The molecule has 0 atom stereocenters. The summed E-state index contributed by atoms with van der Waals surface area (Å²) in [6.45, 7) is 6.35. The van der Waals surface area contributed by atoms with Crippen molar-refractivity contribution in [3.05, 3.63) is 59.2 Å². The van der Waals surface area contributed by atoms with Crippen LogP contribution in [0.15, 0.2) is 47.4 Å². The Morgan fingerprint density at radius 2 is 1.74 bits per heavy atom. The third kappa shape index (κ3) is 4.33. The topological polar surface area (TPSA) is 55.4 Å². The van der Waals surface area contributed by atoms with E-state index in [-0.39, 0.29) is 11.4 Å². The first kappa shape index (κ1) is 17.5. The van der Waals surface area contributed by atoms with Gasteiger partial charge in [-0.05, 0) is 47.7 Å². The lowest BCUT2D eigenvalue weighted by Crippen LogP contribution is -2.23. The molecule has 0 aromatic heterocycles. The second-order valence-electron chi connectivity index (χ2n) is 5.85. The number of methoxy groups -OCH3 is 1. The predicted octanol–water partition coefficient (Wildman–Crippen LogP) is 3.61. The fourth-order valence-corrected chi connectivity index (χ4v) is 3.40. The Hall–Kier alpha value is -1.85. The molecule has 2 aromatic carbocycles. The molecule has 0 fully saturated rings. The van der Waals surface area contributed by atoms with Gasteiger partial charge in [0.1, 0.15) is 5.75 Å². The van der Waals surface area contributed by atoms with Crippen molar-refractivity contribution in [3.63, 3.8) is 0 Å². The Labute approximate surface area is 138 Å². The third-order valence-electron chi connectivity index (χ3n) is 3.79. The summed E-state index contributed by atoms with van der Waals surface area (Å²) >= 11 is 0. The maximum atomic E-state index is 12.4. The van der Waals surface area contributed by atoms with Gasteiger partial charge in [-0.3, -0.25) is 0 Å². The number of ether oxygens (including phenoxy) is 1. The van der Waals surface area contributed by atoms with Crippen LogP contribution in [-0.2, 0) is 16.6 Å². The van der Waals surface area contributed by atoms with Gasteiger partial charge in [0.15, 0.2) is 0 Å². The summed E-state index contributed by atoms with van der Waals surface area (Å²) in [4.78, 5) is 0.245. The zero-order valence-corrected chi connectivity index (χ0v) is 14.8. The summed E-state index contributed by atoms with van der Waals surface area (Å²) < 4.78 is 32.6. The number of nitrogens with one attached hydrogen (secondary N) is 1. The molecule has 0 aliphatic heterocycles. The first-order valence-corrected chi connectivity index (χ1v) is 9.05. The zero-order chi connectivity index (χ0) is 17.0. The molecular formula is C18H23NO3S. The monoisotopic (exact) mass is 333 g/mol. The molecule has 0 radical (unpaired) electrons. The summed E-state index contributed by atoms with van der Waals surface area (Å²) in [5.41, 5.74) is 2.96. The molecule has 0 saturated carbocycles. The normalized spacial score (nSPS) is 11.7. The standard InChI is InChI=1S/C18H23NO3S/c1-13(2)16-7-5-15(6-8-16)12-19-23(20,21)17-9-10-18(22-4)14(3)11-17/h5-11,13,19H,12H2,1-4H3. The van der Waals surface area contributed by atoms with Crippen LogP contribution in [0.2, 0.25) is 0 Å². The SMILES string of the molecule is COc1ccc(S(=O)(=O)NCc2ccc(C(C)C)cc2)cc1C. The van der Waals surface area contributed by atoms with E-state index in [1.54, 1.807) is 25.3 Å². The molecule has 0 bridgehead atoms. The Morgan fingerprint density at radius 1 is 1.09 bits per heavy atom. The summed E-state index contributed by atoms with van der Waals surface area (Å²) in [7, 11) is -1.97. The third-order valence-corrected chi connectivity index (χ3v) is 5.19. The van der Waals surface area contributed by atoms with Crippen LogP contribution in [0.25, 0.3) is 0 Å². The van der Waals surface area contributed by atoms with Gasteiger partial charge in [-0.15, -0.1) is 0 Å². The summed E-state index contributed by atoms with van der Waals surface area (Å²) in [5, 5.41) is 0. The number of hydrogen-bond donors (Lipinski definition) is 1. The molecule has 5 heteroatoms. The highest BCUT2D eigenvalue weighted by atomic mass is 32.2. The van der Waals surface area contributed by atoms with Crippen molar-refractivity contribution in [3.8, 4) is 5.75 Å². The minimum atomic E-state index is -3.54. The van der Waals surface area contributed by atoms with E-state index in [0.29, 0.717) is 11.7 Å². The number of hydrogen-bond acceptors (Lipinski definition) is 3. The van der Waals surface area contributed by atoms with Crippen LogP contribution in [-0.4, -0.2) is 15.5 Å². The highest BCUT2D eigenvalue weighted by Crippen LogP contribution is 2.21. The summed E-state index contributed by atoms with van der Waals surface area (Å²) in [6.07, 6.45) is 0. The van der Waals surface area contributed by atoms with Gasteiger partial charge < -0.3 is 4.74 Å². The van der Waals surface area contributed by atoms with E-state index in [9.17, 15) is 8.42 Å². The van der Waals surface area contributed by atoms with E-state index < -0.39 is 10.0 Å². The van der Waals surface area contributed by atoms with Gasteiger partial charge in [0.25, 0.3) is 0 Å². The Balaban J connectivity index is 2.10. The Kier molecular flexibility index (Phi) is 5.44. The summed E-state index contributed by atoms with van der Waals surface area (Å²) in [6, 6.07) is 12.8. The molecule has 2 aromatic rings. The van der Waals surface area contributed by atoms with E-state index in [0.717, 1.165) is 11.1 Å². The lowest BCUT2D eigenvalue weighted by Gasteiger charge is -2.11. The number of benzene rings is 2. The van der Waals surface area contributed by atoms with Crippen molar-refractivity contribution in [1.29, 1.82) is 0 Å². The average Bonchev–Trinajstić information content (AvgIpc) is 2.53. The molecule has 4 nitrogen and oxygen atoms in total. The first-order chi connectivity index (χ1) is 10.8. The van der Waals surface area contributed by atoms with Crippen LogP contribution in [0.1, 0.15) is 36.5 Å². The Bertz CT molecular complexity index is 765. The Morgan fingerprint density at radius 3 is 2.26 bits per heavy atom. The van der Waals surface area contributed by atoms with Crippen molar-refractivity contribution in [1.82, 2.24) is 4.72 Å². The predicted molar refractivity (Wildman–Crippen MR) is 92.3 cm³/mol. The minimum Gasteiger partial charge on any atom is -0.496 e. The van der Waals surface area contributed by atoms with Crippen molar-refractivity contribution in [2.24, 2.45) is 0 Å². The lowest BCUT2D eigenvalue weighted by atomic mass is 10.0. The summed E-state index contributed by atoms with van der Waals surface area (Å²) in [5.74, 6) is 1.14. The molecule has 0 aliphatic rings. The van der Waals surface area contributed by atoms with Crippen molar-refractivity contribution >= 4 is 10.0 Å². The first-order valence-electron chi connectivity index (χ1n) is 7.56. The van der Waals surface area contributed by atoms with E-state index in [1.165, 1.54) is 5.56 Å². The minimum absolute atomic E-state index is 0.245. The van der Waals surface area contributed by atoms with E-state index >= 15 is 0 Å². The molecule has 2 rings (SSSR count). The quantitative estimate of drug-likeness (QED) is 0.878. The smallest absolute Gasteiger partial charge is 0.240 e. The van der Waals surface area contributed by atoms with Crippen LogP contribution in [0.3, 0.4) is 0 Å². The van der Waals surface area contributed by atoms with Gasteiger partial charge in [-0.1, -0.05) is 38.1 Å². The van der Waals surface area contributed by atoms with E-state index in [2.05, 4.69) is 18.6 Å². The van der Waals surface area contributed by atoms with Gasteiger partial charge in [0, 0.05) is 6.54 Å². The molecule has 0 unspecified atom stereocenters. The number of sulfonamides is 1. The molecule has 0 saturated heterocycles. The van der Waals surface area contributed by atoms with Gasteiger partial charge >= 0.3 is 0 Å². The zero-order valence-electron chi connectivity index (χ0n) is 14.0. The van der Waals surface area contributed by atoms with Crippen LogP contribution >= 0.6 is 0 Å². The van der Waals surface area contributed by atoms with Crippen LogP contribution in [0.5, 0.6) is 5.75 Å². The number of aryl methyl sites for hydroxylation is 1. The van der Waals surface area contributed by atoms with Crippen LogP contribution in [0, 0.1) is 6.92 Å². The van der Waals surface area contributed by atoms with Gasteiger partial charge in [-0.25, -0.2) is 13.1 Å². The molecule has 1 N–H and O–H groups in total. The van der Waals surface area contributed by atoms with Gasteiger partial charge in [-0.2, -0.15) is 0 Å². The molecular weight excluding hydrogens is 310 g/mol. The van der Waals surface area contributed by atoms with Crippen LogP contribution in [0.4, 0.5) is 0 Å². The van der Waals surface area contributed by atoms with Gasteiger partial charge in [0.05, 0.1) is 12.0 Å². The van der Waals surface area contributed by atoms with E-state index in [1.807, 2.05) is 31.2 Å². The molecule has 23 heavy (non-hydrogen) atoms. The van der Waals surface area contributed by atoms with Gasteiger partial charge in [0.2, 0.25) is 10.0 Å². The second kappa shape index (κ2) is 7.15. The van der Waals surface area contributed by atoms with Crippen LogP contribution < -0.4 is 9.46 Å². The number of rotatable bonds is 6. The molecule has 0 spiro atoms. The highest BCUT2D eigenvalue weighted by Gasteiger charge is 2.15. The van der Waals surface area contributed by atoms with E-state index in [4.69, 9.17) is 4.74 Å². The fraction of sp³-hybridized carbons (Fsp3) is 0.333. The maximum Gasteiger partial charge on any atom is 0.240 e. The lowest BCUT2D eigenvalue weighted by molar-refractivity contribution is 0.411. The molecule has 0 heterocycles. The molecule has 0 amide bonds. The largest absolute Gasteiger partial charge is 0.496 e. The fourth-order valence-electron chi connectivity index (χ4n) is 2.30. The van der Waals surface area contributed by atoms with Crippen molar-refractivity contribution < 1.29 is 13.2 Å². The maximum absolute atomic E-state index is 12.4. The van der Waals surface area contributed by atoms with Crippen molar-refractivity contribution in [2.45, 2.75) is 38.1 Å². The molecule has 0 aliphatic carbocycles. The average molecular weight is 333 g/mol. The molecule has 124 valence electrons. The van der Waals surface area contributed by atoms with Crippen molar-refractivity contribution in [2.75, 3.05) is 7.11 Å². The second-order valence-corrected chi connectivity index (χ2v) is 7.62.